The van der Waals surface area contributed by atoms with Gasteiger partial charge in [0, 0.05) is 12.0 Å². The number of carbonyl (C=O) groups excluding carboxylic acids is 2. The molecule has 0 fully saturated rings. The summed E-state index contributed by atoms with van der Waals surface area (Å²) in [5.41, 5.74) is 0.712. The maximum atomic E-state index is 11.7. The predicted octanol–water partition coefficient (Wildman–Crippen LogP) is 2.07. The third-order valence-corrected chi connectivity index (χ3v) is 3.06. The zero-order valence-corrected chi connectivity index (χ0v) is 12.7. The van der Waals surface area contributed by atoms with E-state index in [2.05, 4.69) is 17.6 Å². The van der Waals surface area contributed by atoms with Crippen LogP contribution in [0, 0.1) is 5.41 Å². The summed E-state index contributed by atoms with van der Waals surface area (Å²) in [6, 6.07) is 10.0. The van der Waals surface area contributed by atoms with Gasteiger partial charge in [0.25, 0.3) is 0 Å². The first-order chi connectivity index (χ1) is 9.30. The molecule has 0 heterocycles. The van der Waals surface area contributed by atoms with Crippen LogP contribution >= 0.6 is 0 Å². The van der Waals surface area contributed by atoms with Crippen molar-refractivity contribution >= 4 is 11.8 Å². The summed E-state index contributed by atoms with van der Waals surface area (Å²) in [6.45, 7) is 8.10. The van der Waals surface area contributed by atoms with Gasteiger partial charge in [-0.25, -0.2) is 0 Å². The van der Waals surface area contributed by atoms with E-state index in [4.69, 9.17) is 0 Å². The largest absolute Gasteiger partial charge is 0.354 e. The maximum Gasteiger partial charge on any atom is 0.239 e. The summed E-state index contributed by atoms with van der Waals surface area (Å²) < 4.78 is 0. The van der Waals surface area contributed by atoms with E-state index in [1.165, 1.54) is 5.56 Å². The fraction of sp³-hybridized carbons (Fsp3) is 0.500. The smallest absolute Gasteiger partial charge is 0.239 e. The second kappa shape index (κ2) is 7.08. The van der Waals surface area contributed by atoms with E-state index in [9.17, 15) is 9.59 Å². The van der Waals surface area contributed by atoms with Gasteiger partial charge in [-0.1, -0.05) is 58.0 Å². The molecular formula is C16H24N2O2. The van der Waals surface area contributed by atoms with Gasteiger partial charge in [-0.2, -0.15) is 0 Å². The number of hydrogen-bond acceptors (Lipinski definition) is 2. The third kappa shape index (κ3) is 5.43. The van der Waals surface area contributed by atoms with E-state index in [1.807, 2.05) is 51.1 Å². The normalized spacial score (nSPS) is 12.6. The van der Waals surface area contributed by atoms with Crippen molar-refractivity contribution in [3.63, 3.8) is 0 Å². The monoisotopic (exact) mass is 276 g/mol. The molecule has 4 nitrogen and oxygen atoms in total. The number of carbonyl (C=O) groups is 2. The minimum atomic E-state index is -0.475. The van der Waals surface area contributed by atoms with Gasteiger partial charge in [0.05, 0.1) is 6.54 Å². The van der Waals surface area contributed by atoms with Crippen LogP contribution in [0.3, 0.4) is 0 Å². The van der Waals surface area contributed by atoms with Crippen LogP contribution in [0.2, 0.25) is 0 Å². The van der Waals surface area contributed by atoms with Crippen LogP contribution in [-0.4, -0.2) is 24.9 Å². The highest BCUT2D eigenvalue weighted by Crippen LogP contribution is 2.13. The highest BCUT2D eigenvalue weighted by Gasteiger charge is 2.21. The molecule has 0 saturated heterocycles. The van der Waals surface area contributed by atoms with Crippen molar-refractivity contribution in [1.82, 2.24) is 10.6 Å². The Kier molecular flexibility index (Phi) is 5.74. The highest BCUT2D eigenvalue weighted by molar-refractivity contribution is 5.87. The number of hydrogen-bond donors (Lipinski definition) is 2. The summed E-state index contributed by atoms with van der Waals surface area (Å²) in [7, 11) is 0. The van der Waals surface area contributed by atoms with Gasteiger partial charge in [0.15, 0.2) is 0 Å². The van der Waals surface area contributed by atoms with E-state index in [0.717, 1.165) is 0 Å². The molecule has 0 aliphatic heterocycles. The van der Waals surface area contributed by atoms with Crippen LogP contribution in [0.25, 0.3) is 0 Å². The van der Waals surface area contributed by atoms with Gasteiger partial charge < -0.3 is 10.6 Å². The van der Waals surface area contributed by atoms with Crippen LogP contribution in [0.4, 0.5) is 0 Å². The molecule has 2 N–H and O–H groups in total. The summed E-state index contributed by atoms with van der Waals surface area (Å²) in [5, 5.41) is 5.47. The van der Waals surface area contributed by atoms with Crippen LogP contribution < -0.4 is 10.6 Å². The molecule has 0 bridgehead atoms. The van der Waals surface area contributed by atoms with Crippen molar-refractivity contribution in [3.05, 3.63) is 35.9 Å². The molecule has 4 heteroatoms. The molecule has 1 aromatic carbocycles. The third-order valence-electron chi connectivity index (χ3n) is 3.06. The zero-order chi connectivity index (χ0) is 15.2. The molecule has 1 rings (SSSR count). The van der Waals surface area contributed by atoms with Crippen LogP contribution in [0.5, 0.6) is 0 Å². The second-order valence-corrected chi connectivity index (χ2v) is 6.05. The lowest BCUT2D eigenvalue weighted by atomic mass is 9.96. The average Bonchev–Trinajstić information content (AvgIpc) is 2.41. The lowest BCUT2D eigenvalue weighted by Gasteiger charge is -2.18. The lowest BCUT2D eigenvalue weighted by molar-refractivity contribution is -0.131. The highest BCUT2D eigenvalue weighted by atomic mass is 16.2. The van der Waals surface area contributed by atoms with Crippen LogP contribution in [-0.2, 0) is 9.59 Å². The quantitative estimate of drug-likeness (QED) is 0.865. The van der Waals surface area contributed by atoms with E-state index >= 15 is 0 Å². The topological polar surface area (TPSA) is 58.2 Å². The molecule has 20 heavy (non-hydrogen) atoms. The first-order valence-electron chi connectivity index (χ1n) is 6.90. The van der Waals surface area contributed by atoms with Gasteiger partial charge in [-0.15, -0.1) is 0 Å². The molecule has 1 atom stereocenters. The van der Waals surface area contributed by atoms with E-state index < -0.39 is 5.41 Å². The number of rotatable bonds is 5. The first kappa shape index (κ1) is 16.2. The average molecular weight is 276 g/mol. The molecule has 1 aromatic rings. The predicted molar refractivity (Wildman–Crippen MR) is 80.3 cm³/mol. The zero-order valence-electron chi connectivity index (χ0n) is 12.7. The molecule has 0 radical (unpaired) electrons. The van der Waals surface area contributed by atoms with Crippen molar-refractivity contribution in [2.24, 2.45) is 5.41 Å². The van der Waals surface area contributed by atoms with Gasteiger partial charge >= 0.3 is 0 Å². The van der Waals surface area contributed by atoms with Crippen molar-refractivity contribution in [2.75, 3.05) is 13.1 Å². The summed E-state index contributed by atoms with van der Waals surface area (Å²) >= 11 is 0. The van der Waals surface area contributed by atoms with Crippen molar-refractivity contribution in [3.8, 4) is 0 Å². The lowest BCUT2D eigenvalue weighted by Crippen LogP contribution is -2.42. The summed E-state index contributed by atoms with van der Waals surface area (Å²) in [4.78, 5) is 23.3. The Bertz CT molecular complexity index is 449. The Labute approximate surface area is 121 Å². The molecule has 0 spiro atoms. The van der Waals surface area contributed by atoms with E-state index in [0.29, 0.717) is 6.54 Å². The summed E-state index contributed by atoms with van der Waals surface area (Å²) in [6.07, 6.45) is 0. The molecule has 2 amide bonds. The van der Waals surface area contributed by atoms with Crippen molar-refractivity contribution in [1.29, 1.82) is 0 Å². The fourth-order valence-electron chi connectivity index (χ4n) is 1.65. The number of benzene rings is 1. The minimum Gasteiger partial charge on any atom is -0.354 e. The molecule has 1 unspecified atom stereocenters. The first-order valence-corrected chi connectivity index (χ1v) is 6.90. The Balaban J connectivity index is 2.32. The second-order valence-electron chi connectivity index (χ2n) is 6.05. The number of amides is 2. The van der Waals surface area contributed by atoms with Gasteiger partial charge in [-0.3, -0.25) is 9.59 Å². The Morgan fingerprint density at radius 3 is 2.25 bits per heavy atom. The Hall–Kier alpha value is -1.84. The Morgan fingerprint density at radius 1 is 1.10 bits per heavy atom. The molecule has 0 aliphatic rings. The molecular weight excluding hydrogens is 252 g/mol. The van der Waals surface area contributed by atoms with Gasteiger partial charge in [0.1, 0.15) is 0 Å². The molecule has 0 saturated carbocycles. The van der Waals surface area contributed by atoms with Crippen LogP contribution in [0.1, 0.15) is 39.2 Å². The molecule has 0 aliphatic carbocycles. The standard InChI is InChI=1S/C16H24N2O2/c1-12(13-8-6-5-7-9-13)10-17-14(19)11-18-15(20)16(2,3)4/h5-9,12H,10-11H2,1-4H3,(H,17,19)(H,18,20). The fourth-order valence-corrected chi connectivity index (χ4v) is 1.65. The Morgan fingerprint density at radius 2 is 1.70 bits per heavy atom. The van der Waals surface area contributed by atoms with Gasteiger partial charge in [-0.05, 0) is 11.5 Å². The van der Waals surface area contributed by atoms with E-state index in [1.54, 1.807) is 0 Å². The van der Waals surface area contributed by atoms with E-state index in [-0.39, 0.29) is 24.3 Å². The molecule has 110 valence electrons. The van der Waals surface area contributed by atoms with Crippen LogP contribution in [0.15, 0.2) is 30.3 Å². The van der Waals surface area contributed by atoms with Gasteiger partial charge in [0.2, 0.25) is 11.8 Å². The maximum absolute atomic E-state index is 11.7. The number of nitrogens with one attached hydrogen (secondary N) is 2. The molecule has 0 aromatic heterocycles. The van der Waals surface area contributed by atoms with Crippen molar-refractivity contribution < 1.29 is 9.59 Å². The summed E-state index contributed by atoms with van der Waals surface area (Å²) in [5.74, 6) is -0.0346. The minimum absolute atomic E-state index is 0.0254. The van der Waals surface area contributed by atoms with Crippen molar-refractivity contribution in [2.45, 2.75) is 33.6 Å². The SMILES string of the molecule is CC(CNC(=O)CNC(=O)C(C)(C)C)c1ccccc1.